The highest BCUT2D eigenvalue weighted by molar-refractivity contribution is 6.14. The number of non-ortho nitro benzene ring substituents is 1. The third-order valence-electron chi connectivity index (χ3n) is 5.40. The predicted octanol–water partition coefficient (Wildman–Crippen LogP) is 5.26. The molecule has 0 spiro atoms. The van der Waals surface area contributed by atoms with Crippen LogP contribution in [-0.2, 0) is 0 Å². The van der Waals surface area contributed by atoms with Crippen molar-refractivity contribution in [2.45, 2.75) is 0 Å². The summed E-state index contributed by atoms with van der Waals surface area (Å²) >= 11 is 0. The van der Waals surface area contributed by atoms with Gasteiger partial charge in [-0.25, -0.2) is 4.98 Å². The number of nitro groups is 1. The molecular formula is C24H15N5O3. The number of aromatic nitrogens is 1. The Hall–Kier alpha value is -4.90. The number of fused-ring (bicyclic) bond motifs is 3. The molecule has 0 unspecified atom stereocenters. The van der Waals surface area contributed by atoms with E-state index in [-0.39, 0.29) is 17.1 Å². The summed E-state index contributed by atoms with van der Waals surface area (Å²) in [7, 11) is 0. The van der Waals surface area contributed by atoms with Crippen molar-refractivity contribution in [1.82, 2.24) is 4.98 Å². The first-order valence-corrected chi connectivity index (χ1v) is 9.63. The summed E-state index contributed by atoms with van der Waals surface area (Å²) in [6.07, 6.45) is 0. The molecule has 4 N–H and O–H groups in total. The van der Waals surface area contributed by atoms with Crippen LogP contribution in [0.3, 0.4) is 0 Å². The van der Waals surface area contributed by atoms with Gasteiger partial charge in [-0.15, -0.1) is 0 Å². The standard InChI is InChI=1S/C24H15N5O3/c25-12-18-17(14-5-8-15(9-6-14)29(30)31)11-19(28-24(18)27)23-22(26)21-16-4-2-1-3-13(16)7-10-20(21)32-23/h1-11H,26H2,(H2,27,28). The minimum Gasteiger partial charge on any atom is -0.452 e. The first-order valence-electron chi connectivity index (χ1n) is 9.63. The number of hydrogen-bond acceptors (Lipinski definition) is 7. The smallest absolute Gasteiger partial charge is 0.269 e. The Balaban J connectivity index is 1.74. The van der Waals surface area contributed by atoms with Crippen molar-refractivity contribution < 1.29 is 9.34 Å². The van der Waals surface area contributed by atoms with Gasteiger partial charge >= 0.3 is 0 Å². The van der Waals surface area contributed by atoms with Crippen molar-refractivity contribution in [3.8, 4) is 28.7 Å². The minimum atomic E-state index is -0.485. The number of hydrogen-bond donors (Lipinski definition) is 2. The maximum atomic E-state index is 11.0. The Morgan fingerprint density at radius 3 is 2.50 bits per heavy atom. The topological polar surface area (TPSA) is 145 Å². The zero-order chi connectivity index (χ0) is 22.4. The van der Waals surface area contributed by atoms with Crippen LogP contribution in [0.5, 0.6) is 0 Å². The fraction of sp³-hybridized carbons (Fsp3) is 0. The van der Waals surface area contributed by atoms with Crippen LogP contribution >= 0.6 is 0 Å². The normalized spacial score (nSPS) is 11.0. The zero-order valence-electron chi connectivity index (χ0n) is 16.6. The number of nitriles is 1. The maximum absolute atomic E-state index is 11.0. The van der Waals surface area contributed by atoms with E-state index in [0.29, 0.717) is 33.9 Å². The number of furan rings is 1. The van der Waals surface area contributed by atoms with E-state index in [1.165, 1.54) is 12.1 Å². The van der Waals surface area contributed by atoms with E-state index in [0.717, 1.165) is 16.2 Å². The summed E-state index contributed by atoms with van der Waals surface area (Å²) in [5.74, 6) is 0.360. The Bertz CT molecular complexity index is 1580. The van der Waals surface area contributed by atoms with Crippen LogP contribution in [0.2, 0.25) is 0 Å². The Morgan fingerprint density at radius 1 is 1.03 bits per heavy atom. The van der Waals surface area contributed by atoms with Crippen molar-refractivity contribution in [2.75, 3.05) is 11.5 Å². The third-order valence-corrected chi connectivity index (χ3v) is 5.40. The molecular weight excluding hydrogens is 406 g/mol. The van der Waals surface area contributed by atoms with E-state index in [9.17, 15) is 15.4 Å². The molecule has 0 saturated heterocycles. The summed E-state index contributed by atoms with van der Waals surface area (Å²) in [5, 5.41) is 23.4. The molecule has 2 heterocycles. The molecule has 0 atom stereocenters. The Kier molecular flexibility index (Phi) is 4.24. The third kappa shape index (κ3) is 2.88. The molecule has 5 aromatic rings. The summed E-state index contributed by atoms with van der Waals surface area (Å²) in [6.45, 7) is 0. The van der Waals surface area contributed by atoms with E-state index >= 15 is 0 Å². The predicted molar refractivity (Wildman–Crippen MR) is 123 cm³/mol. The number of benzene rings is 3. The van der Waals surface area contributed by atoms with Crippen LogP contribution in [0, 0.1) is 21.4 Å². The highest BCUT2D eigenvalue weighted by Crippen LogP contribution is 2.41. The second-order valence-corrected chi connectivity index (χ2v) is 7.24. The number of nitrogen functional groups attached to an aromatic ring is 2. The molecule has 8 heteroatoms. The van der Waals surface area contributed by atoms with Crippen LogP contribution < -0.4 is 11.5 Å². The fourth-order valence-electron chi connectivity index (χ4n) is 3.87. The van der Waals surface area contributed by atoms with Crippen LogP contribution in [0.1, 0.15) is 5.56 Å². The lowest BCUT2D eigenvalue weighted by Crippen LogP contribution is -2.00. The molecule has 5 rings (SSSR count). The number of nitro benzene ring substituents is 1. The average Bonchev–Trinajstić information content (AvgIpc) is 3.15. The van der Waals surface area contributed by atoms with Crippen molar-refractivity contribution in [1.29, 1.82) is 5.26 Å². The van der Waals surface area contributed by atoms with Gasteiger partial charge in [0.25, 0.3) is 5.69 Å². The van der Waals surface area contributed by atoms with Crippen LogP contribution in [0.4, 0.5) is 17.2 Å². The highest BCUT2D eigenvalue weighted by atomic mass is 16.6. The second-order valence-electron chi connectivity index (χ2n) is 7.24. The fourth-order valence-corrected chi connectivity index (χ4v) is 3.87. The number of anilines is 2. The van der Waals surface area contributed by atoms with Crippen molar-refractivity contribution in [3.05, 3.63) is 82.4 Å². The van der Waals surface area contributed by atoms with E-state index < -0.39 is 4.92 Å². The molecule has 0 radical (unpaired) electrons. The summed E-state index contributed by atoms with van der Waals surface area (Å²) in [5.41, 5.74) is 15.2. The lowest BCUT2D eigenvalue weighted by molar-refractivity contribution is -0.384. The molecule has 0 fully saturated rings. The number of pyridine rings is 1. The van der Waals surface area contributed by atoms with Gasteiger partial charge in [0.05, 0.1) is 16.0 Å². The monoisotopic (exact) mass is 421 g/mol. The minimum absolute atomic E-state index is 0.0167. The molecule has 0 aliphatic heterocycles. The van der Waals surface area contributed by atoms with Crippen molar-refractivity contribution >= 4 is 38.9 Å². The van der Waals surface area contributed by atoms with Gasteiger partial charge in [-0.2, -0.15) is 5.26 Å². The van der Waals surface area contributed by atoms with Crippen LogP contribution in [-0.4, -0.2) is 9.91 Å². The van der Waals surface area contributed by atoms with Gasteiger partial charge in [-0.05, 0) is 40.6 Å². The molecule has 0 aliphatic rings. The zero-order valence-corrected chi connectivity index (χ0v) is 16.6. The lowest BCUT2D eigenvalue weighted by atomic mass is 9.99. The quantitative estimate of drug-likeness (QED) is 0.298. The first kappa shape index (κ1) is 19.1. The molecule has 0 aliphatic carbocycles. The molecule has 0 amide bonds. The first-order chi connectivity index (χ1) is 15.5. The molecule has 8 nitrogen and oxygen atoms in total. The van der Waals surface area contributed by atoms with E-state index in [4.69, 9.17) is 15.9 Å². The second kappa shape index (κ2) is 7.11. The van der Waals surface area contributed by atoms with E-state index in [1.807, 2.05) is 36.4 Å². The largest absolute Gasteiger partial charge is 0.452 e. The summed E-state index contributed by atoms with van der Waals surface area (Å²) in [6, 6.07) is 21.2. The molecule has 3 aromatic carbocycles. The Morgan fingerprint density at radius 2 is 1.78 bits per heavy atom. The van der Waals surface area contributed by atoms with Gasteiger partial charge in [0, 0.05) is 17.7 Å². The maximum Gasteiger partial charge on any atom is 0.269 e. The van der Waals surface area contributed by atoms with Crippen molar-refractivity contribution in [2.24, 2.45) is 0 Å². The highest BCUT2D eigenvalue weighted by Gasteiger charge is 2.20. The van der Waals surface area contributed by atoms with Crippen molar-refractivity contribution in [3.63, 3.8) is 0 Å². The molecule has 0 bridgehead atoms. The van der Waals surface area contributed by atoms with Gasteiger partial charge in [0.15, 0.2) is 5.76 Å². The van der Waals surface area contributed by atoms with E-state index in [2.05, 4.69) is 11.1 Å². The average molecular weight is 421 g/mol. The molecule has 2 aromatic heterocycles. The van der Waals surface area contributed by atoms with Gasteiger partial charge < -0.3 is 15.9 Å². The molecule has 154 valence electrons. The summed E-state index contributed by atoms with van der Waals surface area (Å²) in [4.78, 5) is 14.8. The number of rotatable bonds is 3. The van der Waals surface area contributed by atoms with Gasteiger partial charge in [-0.1, -0.05) is 30.3 Å². The van der Waals surface area contributed by atoms with Crippen LogP contribution in [0.25, 0.3) is 44.3 Å². The van der Waals surface area contributed by atoms with E-state index in [1.54, 1.807) is 18.2 Å². The Labute approximate surface area is 181 Å². The number of nitrogens with zero attached hydrogens (tertiary/aromatic N) is 3. The lowest BCUT2D eigenvalue weighted by Gasteiger charge is -2.09. The SMILES string of the molecule is N#Cc1c(-c2ccc([N+](=O)[O-])cc2)cc(-c2oc3ccc4ccccc4c3c2N)nc1N. The summed E-state index contributed by atoms with van der Waals surface area (Å²) < 4.78 is 6.05. The molecule has 32 heavy (non-hydrogen) atoms. The number of nitrogens with two attached hydrogens (primary N) is 2. The van der Waals surface area contributed by atoms with Crippen LogP contribution in [0.15, 0.2) is 71.1 Å². The van der Waals surface area contributed by atoms with Gasteiger partial charge in [0.1, 0.15) is 28.7 Å². The van der Waals surface area contributed by atoms with Gasteiger partial charge in [0.2, 0.25) is 0 Å². The molecule has 0 saturated carbocycles. The van der Waals surface area contributed by atoms with Gasteiger partial charge in [-0.3, -0.25) is 10.1 Å².